The molecule has 2 nitrogen and oxygen atoms in total. The van der Waals surface area contributed by atoms with Crippen LogP contribution in [0.1, 0.15) is 5.56 Å². The van der Waals surface area contributed by atoms with Crippen LogP contribution in [0.3, 0.4) is 0 Å². The van der Waals surface area contributed by atoms with Gasteiger partial charge in [0.2, 0.25) is 0 Å². The largest absolute Gasteiger partial charge is 0.440 e. The number of alkyl halides is 3. The van der Waals surface area contributed by atoms with Crippen LogP contribution < -0.4 is 0 Å². The first kappa shape index (κ1) is 9.76. The average Bonchev–Trinajstić information content (AvgIpc) is 2.69. The highest BCUT2D eigenvalue weighted by Gasteiger charge is 2.30. The first-order valence-corrected chi connectivity index (χ1v) is 4.06. The lowest BCUT2D eigenvalue weighted by Gasteiger charge is -2.06. The number of rotatable bonds is 1. The molecule has 1 radical (unpaired) electrons. The topological polar surface area (TPSA) is 26.0 Å². The second-order valence-electron chi connectivity index (χ2n) is 2.90. The quantitative estimate of drug-likeness (QED) is 0.725. The van der Waals surface area contributed by atoms with Crippen LogP contribution >= 0.6 is 0 Å². The summed E-state index contributed by atoms with van der Waals surface area (Å²) in [7, 11) is 0. The van der Waals surface area contributed by atoms with Gasteiger partial charge in [0.05, 0.1) is 5.56 Å². The number of hydrogen-bond donors (Lipinski definition) is 0. The summed E-state index contributed by atoms with van der Waals surface area (Å²) >= 11 is 0. The second kappa shape index (κ2) is 3.42. The molecular formula is C10H5F3NO. The van der Waals surface area contributed by atoms with Crippen molar-refractivity contribution in [1.29, 1.82) is 0 Å². The van der Waals surface area contributed by atoms with Crippen LogP contribution in [0.5, 0.6) is 0 Å². The van der Waals surface area contributed by atoms with E-state index in [9.17, 15) is 13.2 Å². The van der Waals surface area contributed by atoms with E-state index in [1.54, 1.807) is 0 Å². The summed E-state index contributed by atoms with van der Waals surface area (Å²) in [6, 6.07) is 4.88. The van der Waals surface area contributed by atoms with Gasteiger partial charge in [-0.2, -0.15) is 13.2 Å². The molecule has 0 fully saturated rings. The maximum absolute atomic E-state index is 12.4. The van der Waals surface area contributed by atoms with Gasteiger partial charge in [-0.1, -0.05) is 12.1 Å². The molecule has 1 aromatic heterocycles. The molecule has 2 aromatic rings. The summed E-state index contributed by atoms with van der Waals surface area (Å²) < 4.78 is 41.7. The molecule has 0 aliphatic carbocycles. The molecule has 15 heavy (non-hydrogen) atoms. The highest BCUT2D eigenvalue weighted by Crippen LogP contribution is 2.31. The molecule has 0 saturated carbocycles. The summed E-state index contributed by atoms with van der Waals surface area (Å²) in [5, 5.41) is 0. The molecule has 0 saturated heterocycles. The van der Waals surface area contributed by atoms with Gasteiger partial charge in [-0.3, -0.25) is 0 Å². The predicted molar refractivity (Wildman–Crippen MR) is 45.8 cm³/mol. The molecule has 0 atom stereocenters. The monoisotopic (exact) mass is 212 g/mol. The Morgan fingerprint density at radius 2 is 2.07 bits per heavy atom. The Kier molecular flexibility index (Phi) is 2.22. The first-order chi connectivity index (χ1) is 7.07. The maximum Gasteiger partial charge on any atom is 0.416 e. The summed E-state index contributed by atoms with van der Waals surface area (Å²) in [6.45, 7) is 0. The predicted octanol–water partition coefficient (Wildman–Crippen LogP) is 3.16. The lowest BCUT2D eigenvalue weighted by atomic mass is 10.1. The van der Waals surface area contributed by atoms with E-state index in [1.807, 2.05) is 0 Å². The van der Waals surface area contributed by atoms with Crippen molar-refractivity contribution in [3.63, 3.8) is 0 Å². The maximum atomic E-state index is 12.4. The normalized spacial score (nSPS) is 11.7. The summed E-state index contributed by atoms with van der Waals surface area (Å²) in [6.07, 6.45) is -0.918. The lowest BCUT2D eigenvalue weighted by molar-refractivity contribution is -0.137. The Morgan fingerprint density at radius 3 is 2.67 bits per heavy atom. The highest BCUT2D eigenvalue weighted by atomic mass is 19.4. The van der Waals surface area contributed by atoms with Crippen molar-refractivity contribution in [2.24, 2.45) is 0 Å². The molecule has 1 aromatic carbocycles. The molecular weight excluding hydrogens is 207 g/mol. The van der Waals surface area contributed by atoms with Gasteiger partial charge in [-0.25, -0.2) is 4.98 Å². The number of oxazole rings is 1. The zero-order valence-corrected chi connectivity index (χ0v) is 7.38. The Bertz CT molecular complexity index is 448. The SMILES string of the molecule is FC(F)(F)c1cccc(-c2co[c]n2)c1. The van der Waals surface area contributed by atoms with Gasteiger partial charge in [0.15, 0.2) is 0 Å². The Hall–Kier alpha value is -1.78. The third kappa shape index (κ3) is 2.01. The first-order valence-electron chi connectivity index (χ1n) is 4.06. The van der Waals surface area contributed by atoms with E-state index in [-0.39, 0.29) is 0 Å². The van der Waals surface area contributed by atoms with Crippen LogP contribution in [-0.2, 0) is 6.18 Å². The van der Waals surface area contributed by atoms with E-state index in [2.05, 4.69) is 15.8 Å². The van der Waals surface area contributed by atoms with Gasteiger partial charge in [0.1, 0.15) is 12.0 Å². The van der Waals surface area contributed by atoms with E-state index in [0.717, 1.165) is 12.1 Å². The Balaban J connectivity index is 2.44. The Morgan fingerprint density at radius 1 is 1.27 bits per heavy atom. The molecule has 0 amide bonds. The van der Waals surface area contributed by atoms with Crippen molar-refractivity contribution in [3.05, 3.63) is 42.5 Å². The molecule has 0 aliphatic heterocycles. The zero-order chi connectivity index (χ0) is 10.9. The molecule has 5 heteroatoms. The second-order valence-corrected chi connectivity index (χ2v) is 2.90. The van der Waals surface area contributed by atoms with E-state index in [4.69, 9.17) is 0 Å². The fraction of sp³-hybridized carbons (Fsp3) is 0.100. The number of benzene rings is 1. The number of hydrogen-bond acceptors (Lipinski definition) is 2. The zero-order valence-electron chi connectivity index (χ0n) is 7.38. The molecule has 0 unspecified atom stereocenters. The van der Waals surface area contributed by atoms with Crippen molar-refractivity contribution in [3.8, 4) is 11.3 Å². The van der Waals surface area contributed by atoms with Gasteiger partial charge in [0.25, 0.3) is 6.39 Å². The number of nitrogens with zero attached hydrogens (tertiary/aromatic N) is 1. The fourth-order valence-electron chi connectivity index (χ4n) is 1.17. The van der Waals surface area contributed by atoms with E-state index in [1.165, 1.54) is 18.4 Å². The molecule has 0 spiro atoms. The molecule has 1 heterocycles. The minimum absolute atomic E-state index is 0.334. The smallest absolute Gasteiger partial charge is 0.416 e. The summed E-state index contributed by atoms with van der Waals surface area (Å²) in [4.78, 5) is 3.65. The molecule has 77 valence electrons. The molecule has 0 bridgehead atoms. The van der Waals surface area contributed by atoms with Gasteiger partial charge in [-0.15, -0.1) is 0 Å². The minimum Gasteiger partial charge on any atom is -0.440 e. The van der Waals surface area contributed by atoms with Crippen molar-refractivity contribution in [1.82, 2.24) is 4.98 Å². The van der Waals surface area contributed by atoms with Crippen molar-refractivity contribution in [2.75, 3.05) is 0 Å². The van der Waals surface area contributed by atoms with Gasteiger partial charge in [-0.05, 0) is 12.1 Å². The van der Waals surface area contributed by atoms with Crippen LogP contribution in [-0.4, -0.2) is 4.98 Å². The van der Waals surface area contributed by atoms with Crippen molar-refractivity contribution >= 4 is 0 Å². The van der Waals surface area contributed by atoms with E-state index >= 15 is 0 Å². The van der Waals surface area contributed by atoms with E-state index < -0.39 is 11.7 Å². The van der Waals surface area contributed by atoms with Crippen LogP contribution in [0.4, 0.5) is 13.2 Å². The van der Waals surface area contributed by atoms with E-state index in [0.29, 0.717) is 11.3 Å². The lowest BCUT2D eigenvalue weighted by Crippen LogP contribution is -2.04. The highest BCUT2D eigenvalue weighted by molar-refractivity contribution is 5.58. The van der Waals surface area contributed by atoms with Crippen LogP contribution in [0, 0.1) is 6.39 Å². The van der Waals surface area contributed by atoms with Crippen LogP contribution in [0.25, 0.3) is 11.3 Å². The van der Waals surface area contributed by atoms with Crippen molar-refractivity contribution in [2.45, 2.75) is 6.18 Å². The average molecular weight is 212 g/mol. The summed E-state index contributed by atoms with van der Waals surface area (Å²) in [5.74, 6) is 0. The molecule has 2 rings (SSSR count). The minimum atomic E-state index is -4.34. The third-order valence-electron chi connectivity index (χ3n) is 1.88. The fourth-order valence-corrected chi connectivity index (χ4v) is 1.17. The van der Waals surface area contributed by atoms with Gasteiger partial charge < -0.3 is 4.42 Å². The standard InChI is InChI=1S/C10H5F3NO/c11-10(12,13)8-3-1-2-7(4-8)9-5-15-6-14-9/h1-5H. The molecule has 0 N–H and O–H groups in total. The number of aromatic nitrogens is 1. The molecule has 0 aliphatic rings. The number of halogens is 3. The van der Waals surface area contributed by atoms with Crippen molar-refractivity contribution < 1.29 is 17.6 Å². The van der Waals surface area contributed by atoms with Gasteiger partial charge in [0, 0.05) is 5.56 Å². The third-order valence-corrected chi connectivity index (χ3v) is 1.88. The van der Waals surface area contributed by atoms with Gasteiger partial charge >= 0.3 is 6.18 Å². The summed E-state index contributed by atoms with van der Waals surface area (Å²) in [5.41, 5.74) is -0.0149. The van der Waals surface area contributed by atoms with Crippen LogP contribution in [0.15, 0.2) is 34.9 Å². The van der Waals surface area contributed by atoms with Crippen LogP contribution in [0.2, 0.25) is 0 Å². The Labute approximate surface area is 83.4 Å².